The molecule has 1 rings (SSSR count). The van der Waals surface area contributed by atoms with Gasteiger partial charge in [-0.1, -0.05) is 0 Å². The van der Waals surface area contributed by atoms with E-state index in [1.165, 1.54) is 0 Å². The molecule has 1 unspecified atom stereocenters. The van der Waals surface area contributed by atoms with Gasteiger partial charge in [0.15, 0.2) is 0 Å². The normalized spacial score (nSPS) is 31.2. The first kappa shape index (κ1) is 10.9. The number of rotatable bonds is 3. The number of halogens is 2. The highest BCUT2D eigenvalue weighted by atomic mass is 19.3. The molecule has 0 amide bonds. The molecule has 0 aromatic rings. The summed E-state index contributed by atoms with van der Waals surface area (Å²) in [5, 5.41) is 0. The number of hydrogen-bond acceptors (Lipinski definition) is 2. The van der Waals surface area contributed by atoms with Gasteiger partial charge in [0, 0.05) is 13.7 Å². The molecule has 0 aromatic heterocycles. The molecule has 0 spiro atoms. The molecule has 1 fully saturated rings. The molecule has 1 atom stereocenters. The molecule has 13 heavy (non-hydrogen) atoms. The van der Waals surface area contributed by atoms with Crippen molar-refractivity contribution in [2.45, 2.75) is 31.8 Å². The van der Waals surface area contributed by atoms with Crippen LogP contribution in [0.4, 0.5) is 8.78 Å². The van der Waals surface area contributed by atoms with Crippen LogP contribution in [0.15, 0.2) is 0 Å². The van der Waals surface area contributed by atoms with Gasteiger partial charge < -0.3 is 4.74 Å². The smallest absolute Gasteiger partial charge is 0.251 e. The largest absolute Gasteiger partial charge is 0.377 e. The quantitative estimate of drug-likeness (QED) is 0.677. The van der Waals surface area contributed by atoms with E-state index in [1.54, 1.807) is 12.0 Å². The summed E-state index contributed by atoms with van der Waals surface area (Å²) in [6.45, 7) is 3.24. The van der Waals surface area contributed by atoms with E-state index in [9.17, 15) is 8.78 Å². The fraction of sp³-hybridized carbons (Fsp3) is 1.00. The van der Waals surface area contributed by atoms with Crippen LogP contribution in [-0.4, -0.2) is 43.7 Å². The van der Waals surface area contributed by atoms with Crippen LogP contribution in [0.1, 0.15) is 19.8 Å². The predicted octanol–water partition coefficient (Wildman–Crippen LogP) is 1.75. The fourth-order valence-corrected chi connectivity index (χ4v) is 1.83. The van der Waals surface area contributed by atoms with E-state index < -0.39 is 6.43 Å². The van der Waals surface area contributed by atoms with E-state index in [0.717, 1.165) is 19.4 Å². The van der Waals surface area contributed by atoms with Crippen molar-refractivity contribution in [3.05, 3.63) is 0 Å². The van der Waals surface area contributed by atoms with Crippen LogP contribution in [0.3, 0.4) is 0 Å². The zero-order chi connectivity index (χ0) is 9.90. The summed E-state index contributed by atoms with van der Waals surface area (Å²) < 4.78 is 29.5. The molecule has 0 aliphatic carbocycles. The molecule has 0 radical (unpaired) electrons. The number of ether oxygens (including phenoxy) is 1. The average molecular weight is 193 g/mol. The van der Waals surface area contributed by atoms with Crippen molar-refractivity contribution in [2.75, 3.05) is 26.7 Å². The first-order valence-electron chi connectivity index (χ1n) is 4.61. The van der Waals surface area contributed by atoms with Gasteiger partial charge in [-0.25, -0.2) is 8.78 Å². The minimum Gasteiger partial charge on any atom is -0.377 e. The molecular weight excluding hydrogens is 176 g/mol. The third kappa shape index (κ3) is 3.19. The van der Waals surface area contributed by atoms with Crippen LogP contribution in [0.5, 0.6) is 0 Å². The van der Waals surface area contributed by atoms with Crippen molar-refractivity contribution in [3.63, 3.8) is 0 Å². The lowest BCUT2D eigenvalue weighted by Gasteiger charge is -2.39. The molecule has 1 heterocycles. The van der Waals surface area contributed by atoms with Crippen molar-refractivity contribution in [3.8, 4) is 0 Å². The molecule has 78 valence electrons. The van der Waals surface area contributed by atoms with E-state index in [-0.39, 0.29) is 12.1 Å². The van der Waals surface area contributed by atoms with Crippen molar-refractivity contribution < 1.29 is 13.5 Å². The minimum atomic E-state index is -2.24. The van der Waals surface area contributed by atoms with Crippen LogP contribution in [0.2, 0.25) is 0 Å². The van der Waals surface area contributed by atoms with E-state index in [4.69, 9.17) is 4.74 Å². The molecule has 1 saturated heterocycles. The Morgan fingerprint density at radius 2 is 2.23 bits per heavy atom. The minimum absolute atomic E-state index is 0.126. The van der Waals surface area contributed by atoms with Gasteiger partial charge in [0.05, 0.1) is 12.1 Å². The Morgan fingerprint density at radius 1 is 1.54 bits per heavy atom. The monoisotopic (exact) mass is 193 g/mol. The van der Waals surface area contributed by atoms with Crippen molar-refractivity contribution >= 4 is 0 Å². The summed E-state index contributed by atoms with van der Waals surface area (Å²) in [5.41, 5.74) is -0.229. The third-order valence-electron chi connectivity index (χ3n) is 2.63. The highest BCUT2D eigenvalue weighted by Gasteiger charge is 2.31. The summed E-state index contributed by atoms with van der Waals surface area (Å²) in [6.07, 6.45) is -0.334. The maximum absolute atomic E-state index is 12.1. The van der Waals surface area contributed by atoms with E-state index in [1.807, 2.05) is 6.92 Å². The van der Waals surface area contributed by atoms with Gasteiger partial charge in [0.25, 0.3) is 6.43 Å². The Bertz CT molecular complexity index is 166. The van der Waals surface area contributed by atoms with Crippen molar-refractivity contribution in [2.24, 2.45) is 0 Å². The molecular formula is C9H17F2NO. The van der Waals surface area contributed by atoms with Crippen LogP contribution < -0.4 is 0 Å². The molecule has 1 aliphatic heterocycles. The van der Waals surface area contributed by atoms with Crippen molar-refractivity contribution in [1.29, 1.82) is 0 Å². The van der Waals surface area contributed by atoms with Crippen molar-refractivity contribution in [1.82, 2.24) is 4.90 Å². The number of likely N-dealkylation sites (tertiary alicyclic amines) is 1. The Morgan fingerprint density at radius 3 is 2.77 bits per heavy atom. The van der Waals surface area contributed by atoms with Gasteiger partial charge in [-0.05, 0) is 26.3 Å². The lowest BCUT2D eigenvalue weighted by molar-refractivity contribution is -0.0611. The standard InChI is InChI=1S/C9H17F2NO/c1-9(13-2)4-3-5-12(7-9)6-8(10)11/h8H,3-7H2,1-2H3. The highest BCUT2D eigenvalue weighted by Crippen LogP contribution is 2.23. The Labute approximate surface area is 77.9 Å². The van der Waals surface area contributed by atoms with Gasteiger partial charge in [-0.2, -0.15) is 0 Å². The Balaban J connectivity index is 2.42. The molecule has 2 nitrogen and oxygen atoms in total. The molecule has 0 saturated carbocycles. The van der Waals surface area contributed by atoms with Gasteiger partial charge in [-0.3, -0.25) is 4.90 Å². The zero-order valence-electron chi connectivity index (χ0n) is 8.22. The molecule has 0 aromatic carbocycles. The summed E-state index contributed by atoms with van der Waals surface area (Å²) in [4.78, 5) is 1.78. The average Bonchev–Trinajstić information content (AvgIpc) is 2.03. The second-order valence-electron chi connectivity index (χ2n) is 3.88. The second-order valence-corrected chi connectivity index (χ2v) is 3.88. The topological polar surface area (TPSA) is 12.5 Å². The van der Waals surface area contributed by atoms with Crippen LogP contribution >= 0.6 is 0 Å². The molecule has 0 N–H and O–H groups in total. The van der Waals surface area contributed by atoms with Gasteiger partial charge >= 0.3 is 0 Å². The zero-order valence-corrected chi connectivity index (χ0v) is 8.22. The number of nitrogens with zero attached hydrogens (tertiary/aromatic N) is 1. The first-order valence-corrected chi connectivity index (χ1v) is 4.61. The van der Waals surface area contributed by atoms with Gasteiger partial charge in [0.1, 0.15) is 0 Å². The van der Waals surface area contributed by atoms with Crippen LogP contribution in [0, 0.1) is 0 Å². The van der Waals surface area contributed by atoms with Crippen LogP contribution in [-0.2, 0) is 4.74 Å². The maximum Gasteiger partial charge on any atom is 0.251 e. The Kier molecular flexibility index (Phi) is 3.62. The lowest BCUT2D eigenvalue weighted by Crippen LogP contribution is -2.48. The third-order valence-corrected chi connectivity index (χ3v) is 2.63. The number of hydrogen-bond donors (Lipinski definition) is 0. The number of alkyl halides is 2. The predicted molar refractivity (Wildman–Crippen MR) is 47.1 cm³/mol. The SMILES string of the molecule is COC1(C)CCCN(CC(F)F)C1. The Hall–Kier alpha value is -0.220. The van der Waals surface area contributed by atoms with Crippen LogP contribution in [0.25, 0.3) is 0 Å². The summed E-state index contributed by atoms with van der Waals surface area (Å²) in [6, 6.07) is 0. The summed E-state index contributed by atoms with van der Waals surface area (Å²) in [7, 11) is 1.64. The van der Waals surface area contributed by atoms with E-state index >= 15 is 0 Å². The highest BCUT2D eigenvalue weighted by molar-refractivity contribution is 4.84. The van der Waals surface area contributed by atoms with Gasteiger partial charge in [-0.15, -0.1) is 0 Å². The van der Waals surface area contributed by atoms with E-state index in [0.29, 0.717) is 6.54 Å². The molecule has 4 heteroatoms. The fourth-order valence-electron chi connectivity index (χ4n) is 1.83. The molecule has 0 bridgehead atoms. The second kappa shape index (κ2) is 4.33. The van der Waals surface area contributed by atoms with Gasteiger partial charge in [0.2, 0.25) is 0 Å². The number of piperidine rings is 1. The maximum atomic E-state index is 12.1. The summed E-state index contributed by atoms with van der Waals surface area (Å²) >= 11 is 0. The number of methoxy groups -OCH3 is 1. The first-order chi connectivity index (χ1) is 6.06. The molecule has 1 aliphatic rings. The lowest BCUT2D eigenvalue weighted by atomic mass is 9.95. The summed E-state index contributed by atoms with van der Waals surface area (Å²) in [5.74, 6) is 0. The van der Waals surface area contributed by atoms with E-state index in [2.05, 4.69) is 0 Å².